The van der Waals surface area contributed by atoms with E-state index in [1.165, 1.54) is 31.5 Å². The number of ether oxygens (including phenoxy) is 1. The molecule has 2 nitrogen and oxygen atoms in total. The van der Waals surface area contributed by atoms with Crippen molar-refractivity contribution in [2.24, 2.45) is 0 Å². The first-order chi connectivity index (χ1) is 8.77. The first-order valence-corrected chi connectivity index (χ1v) is 7.18. The van der Waals surface area contributed by atoms with Gasteiger partial charge in [0.15, 0.2) is 0 Å². The van der Waals surface area contributed by atoms with Crippen LogP contribution in [0.5, 0.6) is 0 Å². The molecule has 1 heterocycles. The predicted octanol–water partition coefficient (Wildman–Crippen LogP) is 3.64. The summed E-state index contributed by atoms with van der Waals surface area (Å²) in [6, 6.07) is 11.2. The molecule has 0 saturated carbocycles. The highest BCUT2D eigenvalue weighted by molar-refractivity contribution is 5.16. The van der Waals surface area contributed by atoms with Gasteiger partial charge in [-0.1, -0.05) is 30.3 Å². The Morgan fingerprint density at radius 1 is 1.33 bits per heavy atom. The first-order valence-electron chi connectivity index (χ1n) is 7.18. The second-order valence-corrected chi connectivity index (χ2v) is 5.30. The monoisotopic (exact) mass is 247 g/mol. The molecule has 1 aromatic carbocycles. The molecule has 0 bridgehead atoms. The highest BCUT2D eigenvalue weighted by Gasteiger charge is 2.19. The van der Waals surface area contributed by atoms with Crippen LogP contribution in [0, 0.1) is 0 Å². The number of likely N-dealkylation sites (tertiary alicyclic amines) is 1. The van der Waals surface area contributed by atoms with Gasteiger partial charge in [-0.15, -0.1) is 0 Å². The zero-order chi connectivity index (χ0) is 12.8. The van der Waals surface area contributed by atoms with E-state index in [4.69, 9.17) is 4.74 Å². The van der Waals surface area contributed by atoms with Gasteiger partial charge in [0.2, 0.25) is 0 Å². The Labute approximate surface area is 111 Å². The predicted molar refractivity (Wildman–Crippen MR) is 75.7 cm³/mol. The molecule has 0 aromatic heterocycles. The minimum atomic E-state index is 0.210. The lowest BCUT2D eigenvalue weighted by Gasteiger charge is -2.21. The van der Waals surface area contributed by atoms with Crippen molar-refractivity contribution in [3.63, 3.8) is 0 Å². The van der Waals surface area contributed by atoms with E-state index in [0.717, 1.165) is 19.1 Å². The maximum atomic E-state index is 5.90. The molecule has 100 valence electrons. The summed E-state index contributed by atoms with van der Waals surface area (Å²) in [5, 5.41) is 0. The molecular formula is C16H25NO. The molecule has 1 fully saturated rings. The fourth-order valence-electron chi connectivity index (χ4n) is 2.67. The highest BCUT2D eigenvalue weighted by atomic mass is 16.5. The first kappa shape index (κ1) is 13.6. The molecule has 1 saturated heterocycles. The number of hydrogen-bond donors (Lipinski definition) is 0. The van der Waals surface area contributed by atoms with Crippen molar-refractivity contribution in [2.45, 2.75) is 45.3 Å². The summed E-state index contributed by atoms with van der Waals surface area (Å²) in [6.45, 7) is 7.78. The van der Waals surface area contributed by atoms with Gasteiger partial charge in [0, 0.05) is 19.2 Å². The molecule has 18 heavy (non-hydrogen) atoms. The summed E-state index contributed by atoms with van der Waals surface area (Å²) in [7, 11) is 0. The van der Waals surface area contributed by atoms with E-state index in [1.807, 2.05) is 6.07 Å². The van der Waals surface area contributed by atoms with E-state index in [0.29, 0.717) is 0 Å². The summed E-state index contributed by atoms with van der Waals surface area (Å²) in [5.74, 6) is 0. The van der Waals surface area contributed by atoms with Crippen LogP contribution in [0.25, 0.3) is 0 Å². The summed E-state index contributed by atoms with van der Waals surface area (Å²) in [6.07, 6.45) is 4.08. The van der Waals surface area contributed by atoms with Gasteiger partial charge in [0.25, 0.3) is 0 Å². The van der Waals surface area contributed by atoms with Crippen molar-refractivity contribution in [3.05, 3.63) is 35.9 Å². The molecule has 2 rings (SSSR count). The Morgan fingerprint density at radius 2 is 2.11 bits per heavy atom. The molecule has 2 heteroatoms. The molecule has 0 aliphatic carbocycles. The third-order valence-corrected chi connectivity index (χ3v) is 3.92. The average Bonchev–Trinajstić information content (AvgIpc) is 2.81. The topological polar surface area (TPSA) is 12.5 Å². The van der Waals surface area contributed by atoms with Crippen molar-refractivity contribution in [1.82, 2.24) is 4.90 Å². The van der Waals surface area contributed by atoms with Crippen LogP contribution in [-0.2, 0) is 4.74 Å². The third-order valence-electron chi connectivity index (χ3n) is 3.92. The minimum Gasteiger partial charge on any atom is -0.374 e. The van der Waals surface area contributed by atoms with E-state index in [9.17, 15) is 0 Å². The molecule has 0 spiro atoms. The van der Waals surface area contributed by atoms with Gasteiger partial charge < -0.3 is 9.64 Å². The third kappa shape index (κ3) is 3.82. The summed E-state index contributed by atoms with van der Waals surface area (Å²) in [4.78, 5) is 2.58. The van der Waals surface area contributed by atoms with Gasteiger partial charge in [0.05, 0.1) is 6.10 Å². The zero-order valence-corrected chi connectivity index (χ0v) is 11.6. The van der Waals surface area contributed by atoms with Crippen LogP contribution in [0.2, 0.25) is 0 Å². The summed E-state index contributed by atoms with van der Waals surface area (Å²) < 4.78 is 5.90. The van der Waals surface area contributed by atoms with Crippen LogP contribution in [0.15, 0.2) is 30.3 Å². The highest BCUT2D eigenvalue weighted by Crippen LogP contribution is 2.18. The van der Waals surface area contributed by atoms with Crippen LogP contribution in [0.3, 0.4) is 0 Å². The van der Waals surface area contributed by atoms with Gasteiger partial charge in [-0.3, -0.25) is 0 Å². The average molecular weight is 247 g/mol. The van der Waals surface area contributed by atoms with Crippen molar-refractivity contribution < 1.29 is 4.74 Å². The van der Waals surface area contributed by atoms with Gasteiger partial charge in [-0.2, -0.15) is 0 Å². The van der Waals surface area contributed by atoms with Crippen LogP contribution >= 0.6 is 0 Å². The van der Waals surface area contributed by atoms with Gasteiger partial charge in [-0.05, 0) is 45.2 Å². The smallest absolute Gasteiger partial charge is 0.0796 e. The Kier molecular flexibility index (Phi) is 5.21. The zero-order valence-electron chi connectivity index (χ0n) is 11.6. The Balaban J connectivity index is 1.63. The molecule has 1 aliphatic rings. The van der Waals surface area contributed by atoms with Crippen LogP contribution in [0.1, 0.15) is 44.8 Å². The normalized spacial score (nSPS) is 22.2. The number of nitrogens with zero attached hydrogens (tertiary/aromatic N) is 1. The molecule has 2 atom stereocenters. The Morgan fingerprint density at radius 3 is 2.78 bits per heavy atom. The largest absolute Gasteiger partial charge is 0.374 e. The van der Waals surface area contributed by atoms with Crippen molar-refractivity contribution in [3.8, 4) is 0 Å². The quantitative estimate of drug-likeness (QED) is 0.712. The Hall–Kier alpha value is -0.860. The van der Waals surface area contributed by atoms with Crippen molar-refractivity contribution in [1.29, 1.82) is 0 Å². The SMILES string of the molecule is CC(OCCCN1CCCC1C)c1ccccc1. The van der Waals surface area contributed by atoms with E-state index in [-0.39, 0.29) is 6.10 Å². The van der Waals surface area contributed by atoms with Gasteiger partial charge >= 0.3 is 0 Å². The second-order valence-electron chi connectivity index (χ2n) is 5.30. The van der Waals surface area contributed by atoms with E-state index in [1.54, 1.807) is 0 Å². The fourth-order valence-corrected chi connectivity index (χ4v) is 2.67. The Bertz CT molecular complexity index is 338. The standard InChI is InChI=1S/C16H25NO/c1-14-8-6-11-17(14)12-7-13-18-15(2)16-9-4-3-5-10-16/h3-5,9-10,14-15H,6-8,11-13H2,1-2H3. The lowest BCUT2D eigenvalue weighted by molar-refractivity contribution is 0.0578. The van der Waals surface area contributed by atoms with E-state index in [2.05, 4.69) is 43.0 Å². The maximum Gasteiger partial charge on any atom is 0.0796 e. The van der Waals surface area contributed by atoms with Crippen LogP contribution < -0.4 is 0 Å². The molecule has 0 amide bonds. The molecular weight excluding hydrogens is 222 g/mol. The van der Waals surface area contributed by atoms with Gasteiger partial charge in [-0.25, -0.2) is 0 Å². The second kappa shape index (κ2) is 6.91. The molecule has 0 N–H and O–H groups in total. The molecule has 1 aliphatic heterocycles. The maximum absolute atomic E-state index is 5.90. The van der Waals surface area contributed by atoms with Crippen LogP contribution in [-0.4, -0.2) is 30.6 Å². The fraction of sp³-hybridized carbons (Fsp3) is 0.625. The van der Waals surface area contributed by atoms with E-state index >= 15 is 0 Å². The van der Waals surface area contributed by atoms with Crippen molar-refractivity contribution >= 4 is 0 Å². The summed E-state index contributed by atoms with van der Waals surface area (Å²) in [5.41, 5.74) is 1.27. The number of hydrogen-bond acceptors (Lipinski definition) is 2. The lowest BCUT2D eigenvalue weighted by Crippen LogP contribution is -2.28. The van der Waals surface area contributed by atoms with Crippen molar-refractivity contribution in [2.75, 3.05) is 19.7 Å². The van der Waals surface area contributed by atoms with Crippen LogP contribution in [0.4, 0.5) is 0 Å². The lowest BCUT2D eigenvalue weighted by atomic mass is 10.1. The number of benzene rings is 1. The summed E-state index contributed by atoms with van der Waals surface area (Å²) >= 11 is 0. The van der Waals surface area contributed by atoms with Gasteiger partial charge in [0.1, 0.15) is 0 Å². The molecule has 0 radical (unpaired) electrons. The minimum absolute atomic E-state index is 0.210. The molecule has 2 unspecified atom stereocenters. The molecule has 1 aromatic rings. The number of rotatable bonds is 6. The van der Waals surface area contributed by atoms with E-state index < -0.39 is 0 Å².